The van der Waals surface area contributed by atoms with E-state index >= 15 is 4.39 Å². The zero-order chi connectivity index (χ0) is 27.0. The Morgan fingerprint density at radius 2 is 1.76 bits per heavy atom. The van der Waals surface area contributed by atoms with Gasteiger partial charge in [-0.1, -0.05) is 12.1 Å². The summed E-state index contributed by atoms with van der Waals surface area (Å²) in [4.78, 5) is 12.7. The van der Waals surface area contributed by atoms with E-state index in [-0.39, 0.29) is 28.3 Å². The first kappa shape index (κ1) is 24.8. The van der Waals surface area contributed by atoms with Crippen molar-refractivity contribution in [2.75, 3.05) is 0 Å². The third-order valence-corrected chi connectivity index (χ3v) is 5.32. The van der Waals surface area contributed by atoms with Crippen LogP contribution in [0.15, 0.2) is 84.2 Å². The topological polar surface area (TPSA) is 79.8 Å². The van der Waals surface area contributed by atoms with Gasteiger partial charge < -0.3 is 4.74 Å². The van der Waals surface area contributed by atoms with Gasteiger partial charge in [-0.05, 0) is 35.9 Å². The molecule has 3 aromatic heterocycles. The minimum atomic E-state index is -4.90. The van der Waals surface area contributed by atoms with E-state index in [4.69, 9.17) is 0 Å². The smallest absolute Gasteiger partial charge is 0.406 e. The van der Waals surface area contributed by atoms with Crippen LogP contribution in [0.5, 0.6) is 5.75 Å². The van der Waals surface area contributed by atoms with Gasteiger partial charge in [0.15, 0.2) is 5.69 Å². The predicted octanol–water partition coefficient (Wildman–Crippen LogP) is 5.38. The molecular formula is C24H14F6N6O2. The lowest BCUT2D eigenvalue weighted by molar-refractivity contribution is -0.274. The molecule has 0 bridgehead atoms. The van der Waals surface area contributed by atoms with Crippen molar-refractivity contribution in [3.63, 3.8) is 0 Å². The third-order valence-electron chi connectivity index (χ3n) is 5.32. The molecule has 14 heteroatoms. The molecule has 0 N–H and O–H groups in total. The Morgan fingerprint density at radius 1 is 0.947 bits per heavy atom. The molecule has 0 atom stereocenters. The molecule has 0 aliphatic heterocycles. The van der Waals surface area contributed by atoms with E-state index in [0.717, 1.165) is 35.1 Å². The molecule has 0 amide bonds. The van der Waals surface area contributed by atoms with Crippen LogP contribution >= 0.6 is 0 Å². The van der Waals surface area contributed by atoms with Gasteiger partial charge in [0, 0.05) is 30.1 Å². The fraction of sp³-hybridized carbons (Fsp3) is 0.0833. The molecule has 8 nitrogen and oxygen atoms in total. The first-order chi connectivity index (χ1) is 18.1. The molecule has 5 aromatic rings. The van der Waals surface area contributed by atoms with Gasteiger partial charge in [0.05, 0.1) is 23.8 Å². The van der Waals surface area contributed by atoms with Crippen molar-refractivity contribution in [3.8, 4) is 39.6 Å². The van der Waals surface area contributed by atoms with Crippen molar-refractivity contribution >= 4 is 0 Å². The van der Waals surface area contributed by atoms with E-state index in [1.807, 2.05) is 0 Å². The van der Waals surface area contributed by atoms with Crippen LogP contribution in [0.1, 0.15) is 6.55 Å². The maximum Gasteiger partial charge on any atom is 0.573 e. The lowest BCUT2D eigenvalue weighted by Crippen LogP contribution is -2.17. The van der Waals surface area contributed by atoms with Crippen molar-refractivity contribution in [2.45, 2.75) is 12.9 Å². The summed E-state index contributed by atoms with van der Waals surface area (Å²) in [5.74, 6) is -1.25. The van der Waals surface area contributed by atoms with Crippen LogP contribution in [0.2, 0.25) is 0 Å². The van der Waals surface area contributed by atoms with E-state index in [1.165, 1.54) is 53.6 Å². The van der Waals surface area contributed by atoms with Crippen LogP contribution in [0.4, 0.5) is 26.3 Å². The highest BCUT2D eigenvalue weighted by Gasteiger charge is 2.31. The average molecular weight is 532 g/mol. The summed E-state index contributed by atoms with van der Waals surface area (Å²) < 4.78 is 85.2. The summed E-state index contributed by atoms with van der Waals surface area (Å²) in [5, 5.41) is 11.8. The monoisotopic (exact) mass is 532 g/mol. The minimum Gasteiger partial charge on any atom is -0.406 e. The largest absolute Gasteiger partial charge is 0.573 e. The van der Waals surface area contributed by atoms with Crippen LogP contribution in [0.3, 0.4) is 0 Å². The average Bonchev–Trinajstić information content (AvgIpc) is 3.54. The molecule has 0 aliphatic rings. The summed E-state index contributed by atoms with van der Waals surface area (Å²) in [6, 6.07) is 11.5. The van der Waals surface area contributed by atoms with Gasteiger partial charge >= 0.3 is 12.9 Å². The molecule has 0 saturated heterocycles. The van der Waals surface area contributed by atoms with Crippen molar-refractivity contribution in [3.05, 3.63) is 95.4 Å². The summed E-state index contributed by atoms with van der Waals surface area (Å²) in [6.07, 6.45) is -0.0997. The fourth-order valence-corrected chi connectivity index (χ4v) is 3.69. The van der Waals surface area contributed by atoms with Crippen molar-refractivity contribution in [2.24, 2.45) is 0 Å². The third kappa shape index (κ3) is 5.00. The number of benzene rings is 2. The molecule has 194 valence electrons. The number of alkyl halides is 5. The maximum atomic E-state index is 15.0. The van der Waals surface area contributed by atoms with Gasteiger partial charge in [0.1, 0.15) is 17.3 Å². The summed E-state index contributed by atoms with van der Waals surface area (Å²) in [5.41, 5.74) is 0.0791. The van der Waals surface area contributed by atoms with Crippen LogP contribution < -0.4 is 10.2 Å². The fourth-order valence-electron chi connectivity index (χ4n) is 3.69. The highest BCUT2D eigenvalue weighted by Crippen LogP contribution is 2.27. The molecular weight excluding hydrogens is 518 g/mol. The Labute approximate surface area is 208 Å². The number of nitrogens with zero attached hydrogens (tertiary/aromatic N) is 6. The Kier molecular flexibility index (Phi) is 6.22. The van der Waals surface area contributed by atoms with Crippen molar-refractivity contribution in [1.82, 2.24) is 29.3 Å². The van der Waals surface area contributed by atoms with Gasteiger partial charge in [-0.3, -0.25) is 4.79 Å². The molecule has 0 radical (unpaired) electrons. The molecule has 0 spiro atoms. The maximum absolute atomic E-state index is 15.0. The second-order valence-corrected chi connectivity index (χ2v) is 7.80. The lowest BCUT2D eigenvalue weighted by Gasteiger charge is -2.12. The number of rotatable bonds is 6. The Bertz CT molecular complexity index is 1670. The van der Waals surface area contributed by atoms with Crippen molar-refractivity contribution < 1.29 is 31.1 Å². The normalized spacial score (nSPS) is 11.8. The standard InChI is InChI=1S/C24H14F6N6O2/c25-18-10-14(15-12-32-35(13-15)23(26)27)4-5-19(18)34-9-7-21(37)22(33-34)20-6-8-31-36(20)16-2-1-3-17(11-16)38-24(28,29)30/h1-13,23H. The minimum absolute atomic E-state index is 0.0529. The SMILES string of the molecule is O=c1ccn(-c2ccc(-c3cnn(C(F)F)c3)cc2F)nc1-c1ccnn1-c1cccc(OC(F)(F)F)c1. The van der Waals surface area contributed by atoms with Crippen molar-refractivity contribution in [1.29, 1.82) is 0 Å². The van der Waals surface area contributed by atoms with Crippen LogP contribution in [0.25, 0.3) is 33.9 Å². The molecule has 0 saturated carbocycles. The van der Waals surface area contributed by atoms with Gasteiger partial charge in [-0.25, -0.2) is 18.4 Å². The van der Waals surface area contributed by atoms with E-state index < -0.39 is 29.9 Å². The molecule has 38 heavy (non-hydrogen) atoms. The Hall–Kier alpha value is -4.88. The van der Waals surface area contributed by atoms with E-state index in [9.17, 15) is 26.7 Å². The zero-order valence-electron chi connectivity index (χ0n) is 18.9. The molecule has 0 unspecified atom stereocenters. The van der Waals surface area contributed by atoms with Crippen LogP contribution in [-0.2, 0) is 0 Å². The Morgan fingerprint density at radius 3 is 2.47 bits per heavy atom. The zero-order valence-corrected chi connectivity index (χ0v) is 18.9. The molecule has 0 aliphatic carbocycles. The summed E-state index contributed by atoms with van der Waals surface area (Å²) in [7, 11) is 0. The van der Waals surface area contributed by atoms with Gasteiger partial charge in [0.25, 0.3) is 0 Å². The van der Waals surface area contributed by atoms with Gasteiger partial charge in [-0.15, -0.1) is 13.2 Å². The highest BCUT2D eigenvalue weighted by molar-refractivity contribution is 5.64. The molecule has 3 heterocycles. The first-order valence-electron chi connectivity index (χ1n) is 10.7. The van der Waals surface area contributed by atoms with Crippen LogP contribution in [0, 0.1) is 5.82 Å². The second kappa shape index (κ2) is 9.53. The molecule has 5 rings (SSSR count). The van der Waals surface area contributed by atoms with Gasteiger partial charge in [0.2, 0.25) is 5.43 Å². The molecule has 2 aromatic carbocycles. The van der Waals surface area contributed by atoms with Crippen LogP contribution in [-0.4, -0.2) is 35.7 Å². The highest BCUT2D eigenvalue weighted by atomic mass is 19.4. The van der Waals surface area contributed by atoms with E-state index in [0.29, 0.717) is 10.2 Å². The number of hydrogen-bond donors (Lipinski definition) is 0. The number of ether oxygens (including phenoxy) is 1. The second-order valence-electron chi connectivity index (χ2n) is 7.80. The quantitative estimate of drug-likeness (QED) is 0.275. The van der Waals surface area contributed by atoms with E-state index in [2.05, 4.69) is 20.0 Å². The van der Waals surface area contributed by atoms with E-state index in [1.54, 1.807) is 0 Å². The predicted molar refractivity (Wildman–Crippen MR) is 122 cm³/mol. The molecule has 0 fully saturated rings. The summed E-state index contributed by atoms with van der Waals surface area (Å²) >= 11 is 0. The summed E-state index contributed by atoms with van der Waals surface area (Å²) in [6.45, 7) is -2.84. The Balaban J connectivity index is 1.51. The van der Waals surface area contributed by atoms with Gasteiger partial charge in [-0.2, -0.15) is 24.1 Å². The number of hydrogen-bond acceptors (Lipinski definition) is 5. The number of halogens is 6. The lowest BCUT2D eigenvalue weighted by atomic mass is 10.1. The number of aromatic nitrogens is 6. The first-order valence-corrected chi connectivity index (χ1v) is 10.7.